The molecule has 1 aliphatic heterocycles. The number of benzene rings is 2. The summed E-state index contributed by atoms with van der Waals surface area (Å²) in [7, 11) is 0. The molecule has 1 amide bonds. The summed E-state index contributed by atoms with van der Waals surface area (Å²) in [4.78, 5) is 28.5. The number of hydrogen-bond acceptors (Lipinski definition) is 6. The molecule has 1 unspecified atom stereocenters. The number of Topliss-reactive ketones (excluding diaryl/α,β-unsaturated/α-hetero) is 1. The van der Waals surface area contributed by atoms with E-state index < -0.39 is 6.04 Å². The second-order valence-corrected chi connectivity index (χ2v) is 8.33. The lowest BCUT2D eigenvalue weighted by atomic mass is 9.88. The zero-order chi connectivity index (χ0) is 23.5. The van der Waals surface area contributed by atoms with E-state index in [0.717, 1.165) is 29.9 Å². The Kier molecular flexibility index (Phi) is 6.08. The van der Waals surface area contributed by atoms with Crippen molar-refractivity contribution in [3.8, 4) is 5.75 Å². The van der Waals surface area contributed by atoms with E-state index in [2.05, 4.69) is 10.6 Å². The highest BCUT2D eigenvalue weighted by Crippen LogP contribution is 2.44. The number of nitrogens with one attached hydrogen (secondary N) is 2. The third-order valence-electron chi connectivity index (χ3n) is 6.13. The smallest absolute Gasteiger partial charge is 0.244 e. The average molecular weight is 458 g/mol. The van der Waals surface area contributed by atoms with Crippen LogP contribution in [0, 0.1) is 0 Å². The summed E-state index contributed by atoms with van der Waals surface area (Å²) >= 11 is 0. The lowest BCUT2D eigenvalue weighted by molar-refractivity contribution is -0.117. The summed E-state index contributed by atoms with van der Waals surface area (Å²) < 4.78 is 11.5. The zero-order valence-electron chi connectivity index (χ0n) is 19.0. The summed E-state index contributed by atoms with van der Waals surface area (Å²) in [5.41, 5.74) is 3.87. The lowest BCUT2D eigenvalue weighted by Gasteiger charge is -2.33. The largest absolute Gasteiger partial charge is 0.492 e. The van der Waals surface area contributed by atoms with Crippen molar-refractivity contribution in [1.29, 1.82) is 0 Å². The van der Waals surface area contributed by atoms with Gasteiger partial charge in [-0.15, -0.1) is 0 Å². The first-order valence-electron chi connectivity index (χ1n) is 11.6. The van der Waals surface area contributed by atoms with Crippen LogP contribution in [0.4, 0.5) is 17.1 Å². The molecule has 1 atom stereocenters. The highest BCUT2D eigenvalue weighted by Gasteiger charge is 2.38. The Morgan fingerprint density at radius 3 is 2.76 bits per heavy atom. The minimum Gasteiger partial charge on any atom is -0.492 e. The van der Waals surface area contributed by atoms with Crippen molar-refractivity contribution in [2.45, 2.75) is 32.2 Å². The van der Waals surface area contributed by atoms with Crippen molar-refractivity contribution < 1.29 is 18.7 Å². The molecular formula is C27H27N3O4. The second-order valence-electron chi connectivity index (χ2n) is 8.33. The molecule has 1 aromatic heterocycles. The molecule has 7 nitrogen and oxygen atoms in total. The number of nitrogens with zero attached hydrogens (tertiary/aromatic N) is 1. The van der Waals surface area contributed by atoms with Gasteiger partial charge in [-0.05, 0) is 56.2 Å². The molecule has 34 heavy (non-hydrogen) atoms. The molecule has 0 spiro atoms. The molecule has 0 fully saturated rings. The van der Waals surface area contributed by atoms with Crippen LogP contribution in [0.3, 0.4) is 0 Å². The number of carbonyl (C=O) groups is 2. The Bertz CT molecular complexity index is 1230. The summed E-state index contributed by atoms with van der Waals surface area (Å²) in [5, 5.41) is 6.47. The van der Waals surface area contributed by atoms with Gasteiger partial charge in [0.15, 0.2) is 5.78 Å². The van der Waals surface area contributed by atoms with E-state index in [1.54, 1.807) is 6.26 Å². The first kappa shape index (κ1) is 21.8. The number of allylic oxidation sites excluding steroid dienone is 1. The van der Waals surface area contributed by atoms with E-state index in [-0.39, 0.29) is 18.2 Å². The number of amides is 1. The van der Waals surface area contributed by atoms with E-state index in [1.165, 1.54) is 0 Å². The standard InChI is InChI=1S/C27H27N3O4/c1-2-33-23-14-6-4-10-19(23)29-25(32)17-30-21-12-5-3-9-18(21)28-20-11-7-13-22(31)26(20)27(30)24-15-8-16-34-24/h3-6,8-10,12,14-16,27-28H,2,7,11,13,17H2,1H3,(H,29,32). The molecule has 2 aliphatic rings. The van der Waals surface area contributed by atoms with E-state index in [1.807, 2.05) is 72.5 Å². The molecule has 5 rings (SSSR count). The van der Waals surface area contributed by atoms with Crippen LogP contribution in [-0.2, 0) is 9.59 Å². The Balaban J connectivity index is 1.55. The third kappa shape index (κ3) is 4.17. The maximum Gasteiger partial charge on any atom is 0.244 e. The Morgan fingerprint density at radius 1 is 1.12 bits per heavy atom. The number of ketones is 1. The van der Waals surface area contributed by atoms with Crippen molar-refractivity contribution in [2.75, 3.05) is 28.7 Å². The summed E-state index contributed by atoms with van der Waals surface area (Å²) in [6.07, 6.45) is 3.65. The monoisotopic (exact) mass is 457 g/mol. The Labute approximate surface area is 198 Å². The maximum absolute atomic E-state index is 13.4. The van der Waals surface area contributed by atoms with Gasteiger partial charge in [-0.3, -0.25) is 9.59 Å². The fraction of sp³-hybridized carbons (Fsp3) is 0.259. The molecule has 2 aromatic carbocycles. The van der Waals surface area contributed by atoms with Gasteiger partial charge in [-0.25, -0.2) is 0 Å². The van der Waals surface area contributed by atoms with Crippen LogP contribution >= 0.6 is 0 Å². The Morgan fingerprint density at radius 2 is 1.94 bits per heavy atom. The van der Waals surface area contributed by atoms with E-state index in [0.29, 0.717) is 35.8 Å². The number of fused-ring (bicyclic) bond motifs is 1. The van der Waals surface area contributed by atoms with Gasteiger partial charge in [0.2, 0.25) is 5.91 Å². The predicted molar refractivity (Wildman–Crippen MR) is 131 cm³/mol. The van der Waals surface area contributed by atoms with Gasteiger partial charge < -0.3 is 24.7 Å². The first-order valence-corrected chi connectivity index (χ1v) is 11.6. The van der Waals surface area contributed by atoms with Crippen molar-refractivity contribution >= 4 is 28.8 Å². The average Bonchev–Trinajstić information content (AvgIpc) is 3.32. The van der Waals surface area contributed by atoms with Gasteiger partial charge in [-0.2, -0.15) is 0 Å². The summed E-state index contributed by atoms with van der Waals surface area (Å²) in [5.74, 6) is 1.11. The fourth-order valence-electron chi connectivity index (χ4n) is 4.71. The van der Waals surface area contributed by atoms with E-state index in [9.17, 15) is 9.59 Å². The number of ether oxygens (including phenoxy) is 1. The third-order valence-corrected chi connectivity index (χ3v) is 6.13. The number of rotatable bonds is 6. The van der Waals surface area contributed by atoms with Crippen molar-refractivity contribution in [1.82, 2.24) is 0 Å². The van der Waals surface area contributed by atoms with Gasteiger partial charge in [-0.1, -0.05) is 24.3 Å². The second kappa shape index (κ2) is 9.47. The normalized spacial score (nSPS) is 17.4. The molecule has 3 aromatic rings. The molecule has 2 heterocycles. The first-order chi connectivity index (χ1) is 16.7. The molecule has 174 valence electrons. The molecular weight excluding hydrogens is 430 g/mol. The Hall–Kier alpha value is -4.00. The van der Waals surface area contributed by atoms with Crippen molar-refractivity contribution in [3.05, 3.63) is 84.0 Å². The van der Waals surface area contributed by atoms with Gasteiger partial charge in [0, 0.05) is 17.7 Å². The number of furan rings is 1. The van der Waals surface area contributed by atoms with Crippen LogP contribution in [0.1, 0.15) is 38.0 Å². The van der Waals surface area contributed by atoms with Crippen molar-refractivity contribution in [3.63, 3.8) is 0 Å². The van der Waals surface area contributed by atoms with Gasteiger partial charge in [0.25, 0.3) is 0 Å². The van der Waals surface area contributed by atoms with Crippen LogP contribution in [0.15, 0.2) is 82.6 Å². The SMILES string of the molecule is CCOc1ccccc1NC(=O)CN1c2ccccc2NC2=C(C(=O)CCC2)C1c1ccco1. The summed E-state index contributed by atoms with van der Waals surface area (Å²) in [6, 6.07) is 18.3. The van der Waals surface area contributed by atoms with Crippen molar-refractivity contribution in [2.24, 2.45) is 0 Å². The summed E-state index contributed by atoms with van der Waals surface area (Å²) in [6.45, 7) is 2.42. The van der Waals surface area contributed by atoms with E-state index in [4.69, 9.17) is 9.15 Å². The minimum absolute atomic E-state index is 0.0224. The number of hydrogen-bond donors (Lipinski definition) is 2. The van der Waals surface area contributed by atoms with Crippen LogP contribution < -0.4 is 20.3 Å². The van der Waals surface area contributed by atoms with Crippen LogP contribution in [0.2, 0.25) is 0 Å². The van der Waals surface area contributed by atoms with Crippen LogP contribution in [-0.4, -0.2) is 24.8 Å². The van der Waals surface area contributed by atoms with E-state index >= 15 is 0 Å². The van der Waals surface area contributed by atoms with Crippen LogP contribution in [0.5, 0.6) is 5.75 Å². The topological polar surface area (TPSA) is 83.8 Å². The number of anilines is 3. The molecule has 0 saturated heterocycles. The zero-order valence-corrected chi connectivity index (χ0v) is 19.0. The van der Waals surface area contributed by atoms with Gasteiger partial charge in [0.05, 0.1) is 36.5 Å². The number of carbonyl (C=O) groups excluding carboxylic acids is 2. The number of para-hydroxylation sites is 4. The van der Waals surface area contributed by atoms with Crippen LogP contribution in [0.25, 0.3) is 0 Å². The maximum atomic E-state index is 13.4. The highest BCUT2D eigenvalue weighted by molar-refractivity contribution is 6.02. The molecule has 1 aliphatic carbocycles. The highest BCUT2D eigenvalue weighted by atomic mass is 16.5. The molecule has 0 radical (unpaired) electrons. The van der Waals surface area contributed by atoms with Gasteiger partial charge in [0.1, 0.15) is 17.6 Å². The fourth-order valence-corrected chi connectivity index (χ4v) is 4.71. The molecule has 0 saturated carbocycles. The predicted octanol–water partition coefficient (Wildman–Crippen LogP) is 5.30. The molecule has 0 bridgehead atoms. The quantitative estimate of drug-likeness (QED) is 0.523. The minimum atomic E-state index is -0.512. The lowest BCUT2D eigenvalue weighted by Crippen LogP contribution is -2.38. The molecule has 7 heteroatoms. The molecule has 2 N–H and O–H groups in total. The van der Waals surface area contributed by atoms with Gasteiger partial charge >= 0.3 is 0 Å².